The van der Waals surface area contributed by atoms with E-state index in [0.717, 1.165) is 50.3 Å². The van der Waals surface area contributed by atoms with Crippen molar-refractivity contribution in [2.75, 3.05) is 32.1 Å². The zero-order valence-electron chi connectivity index (χ0n) is 18.0. The Labute approximate surface area is 183 Å². The van der Waals surface area contributed by atoms with Crippen LogP contribution in [0.5, 0.6) is 5.75 Å². The molecule has 0 amide bonds. The second-order valence-electron chi connectivity index (χ2n) is 8.58. The third-order valence-corrected chi connectivity index (χ3v) is 7.71. The molecule has 5 rings (SSSR count). The van der Waals surface area contributed by atoms with Crippen molar-refractivity contribution in [3.63, 3.8) is 0 Å². The fourth-order valence-electron chi connectivity index (χ4n) is 5.18. The van der Waals surface area contributed by atoms with Gasteiger partial charge in [0.05, 0.1) is 18.0 Å². The lowest BCUT2D eigenvalue weighted by molar-refractivity contribution is 0.389. The second kappa shape index (κ2) is 7.63. The quantitative estimate of drug-likeness (QED) is 0.608. The molecule has 1 aliphatic heterocycles. The van der Waals surface area contributed by atoms with Gasteiger partial charge in [0.1, 0.15) is 15.9 Å². The molecule has 1 unspecified atom stereocenters. The molecule has 2 atom stereocenters. The number of aromatic nitrogens is 2. The molecule has 1 aliphatic carbocycles. The predicted molar refractivity (Wildman–Crippen MR) is 122 cm³/mol. The number of aromatic amines is 1. The van der Waals surface area contributed by atoms with Crippen LogP contribution in [0.15, 0.2) is 15.7 Å². The van der Waals surface area contributed by atoms with Gasteiger partial charge in [0.2, 0.25) is 5.43 Å². The van der Waals surface area contributed by atoms with Gasteiger partial charge in [-0.3, -0.25) is 14.0 Å². The van der Waals surface area contributed by atoms with E-state index in [0.29, 0.717) is 33.7 Å². The zero-order chi connectivity index (χ0) is 21.9. The van der Waals surface area contributed by atoms with Gasteiger partial charge in [-0.1, -0.05) is 6.92 Å². The number of hydrogen-bond donors (Lipinski definition) is 2. The first-order valence-corrected chi connectivity index (χ1v) is 11.7. The molecule has 2 N–H and O–H groups in total. The molecule has 2 aromatic heterocycles. The van der Waals surface area contributed by atoms with Crippen LogP contribution in [0.2, 0.25) is 0 Å². The summed E-state index contributed by atoms with van der Waals surface area (Å²) in [5.41, 5.74) is 0.163. The van der Waals surface area contributed by atoms with E-state index in [-0.39, 0.29) is 16.8 Å². The van der Waals surface area contributed by atoms with E-state index in [1.807, 2.05) is 16.5 Å². The largest absolute Gasteiger partial charge is 0.492 e. The first-order chi connectivity index (χ1) is 15.0. The summed E-state index contributed by atoms with van der Waals surface area (Å²) in [5, 5.41) is 3.69. The van der Waals surface area contributed by atoms with Gasteiger partial charge >= 0.3 is 0 Å². The average Bonchev–Trinajstić information content (AvgIpc) is 3.36. The van der Waals surface area contributed by atoms with Crippen molar-refractivity contribution in [1.29, 1.82) is 0 Å². The van der Waals surface area contributed by atoms with Gasteiger partial charge in [0, 0.05) is 25.2 Å². The molecular weight excluding hydrogens is 419 g/mol. The molecule has 2 fully saturated rings. The van der Waals surface area contributed by atoms with E-state index in [1.165, 1.54) is 13.2 Å². The van der Waals surface area contributed by atoms with Gasteiger partial charge in [0.25, 0.3) is 5.56 Å². The van der Waals surface area contributed by atoms with Crippen molar-refractivity contribution in [1.82, 2.24) is 14.3 Å². The van der Waals surface area contributed by atoms with Gasteiger partial charge in [-0.05, 0) is 56.2 Å². The molecule has 1 saturated carbocycles. The van der Waals surface area contributed by atoms with Crippen LogP contribution in [0.1, 0.15) is 38.6 Å². The predicted octanol–water partition coefficient (Wildman–Crippen LogP) is 3.21. The average molecular weight is 447 g/mol. The standard InChI is InChI=1S/C22H27FN4O3S/c1-4-15(24-2)11-7-8-26(10-11)18-14(23)9-13-17(20(18)30-3)27(12-5-6-12)22-16(19(13)28)21(29)25-31-22/h9,11-12,15,24H,4-8,10H2,1-3H3,(H,25,29)/t11?,15-/m1/s1. The summed E-state index contributed by atoms with van der Waals surface area (Å²) in [7, 11) is 3.50. The highest BCUT2D eigenvalue weighted by atomic mass is 32.1. The van der Waals surface area contributed by atoms with E-state index in [4.69, 9.17) is 4.74 Å². The number of hydrogen-bond acceptors (Lipinski definition) is 6. The summed E-state index contributed by atoms with van der Waals surface area (Å²) in [6, 6.07) is 1.86. The van der Waals surface area contributed by atoms with Gasteiger partial charge in [0.15, 0.2) is 11.6 Å². The highest BCUT2D eigenvalue weighted by Crippen LogP contribution is 2.46. The number of anilines is 1. The van der Waals surface area contributed by atoms with Crippen LogP contribution in [0.4, 0.5) is 10.1 Å². The maximum atomic E-state index is 15.5. The number of H-pyrrole nitrogens is 1. The summed E-state index contributed by atoms with van der Waals surface area (Å²) in [6.45, 7) is 3.61. The maximum Gasteiger partial charge on any atom is 0.271 e. The van der Waals surface area contributed by atoms with E-state index in [9.17, 15) is 9.59 Å². The van der Waals surface area contributed by atoms with E-state index in [1.54, 1.807) is 0 Å². The number of halogens is 1. The lowest BCUT2D eigenvalue weighted by Crippen LogP contribution is -2.35. The van der Waals surface area contributed by atoms with E-state index < -0.39 is 16.8 Å². The lowest BCUT2D eigenvalue weighted by atomic mass is 9.97. The van der Waals surface area contributed by atoms with Crippen LogP contribution >= 0.6 is 11.5 Å². The number of pyridine rings is 1. The monoisotopic (exact) mass is 446 g/mol. The highest BCUT2D eigenvalue weighted by molar-refractivity contribution is 7.12. The van der Waals surface area contributed by atoms with Crippen molar-refractivity contribution >= 4 is 38.3 Å². The van der Waals surface area contributed by atoms with Crippen molar-refractivity contribution < 1.29 is 9.13 Å². The molecule has 7 nitrogen and oxygen atoms in total. The van der Waals surface area contributed by atoms with Crippen molar-refractivity contribution in [2.24, 2.45) is 5.92 Å². The Morgan fingerprint density at radius 3 is 2.77 bits per heavy atom. The summed E-state index contributed by atoms with van der Waals surface area (Å²) in [5.74, 6) is 0.325. The minimum absolute atomic E-state index is 0.111. The van der Waals surface area contributed by atoms with Gasteiger partial charge in [-0.15, -0.1) is 0 Å². The van der Waals surface area contributed by atoms with Crippen LogP contribution in [0.3, 0.4) is 0 Å². The molecule has 3 aromatic rings. The van der Waals surface area contributed by atoms with Crippen molar-refractivity contribution in [2.45, 2.75) is 44.7 Å². The fourth-order valence-corrected chi connectivity index (χ4v) is 6.10. The highest BCUT2D eigenvalue weighted by Gasteiger charge is 2.35. The fraction of sp³-hybridized carbons (Fsp3) is 0.545. The summed E-state index contributed by atoms with van der Waals surface area (Å²) >= 11 is 1.16. The SMILES string of the molecule is CC[C@@H](NC)C1CCN(c2c(F)cc3c(=O)c4c(=O)[nH]sc4n(C4CC4)c3c2OC)C1. The van der Waals surface area contributed by atoms with E-state index >= 15 is 4.39 Å². The van der Waals surface area contributed by atoms with Crippen LogP contribution in [-0.4, -0.2) is 42.2 Å². The van der Waals surface area contributed by atoms with Crippen molar-refractivity contribution in [3.8, 4) is 5.75 Å². The molecule has 166 valence electrons. The maximum absolute atomic E-state index is 15.5. The Hall–Kier alpha value is -2.39. The number of benzene rings is 1. The Balaban J connectivity index is 1.76. The molecule has 3 heterocycles. The number of nitrogens with zero attached hydrogens (tertiary/aromatic N) is 2. The molecule has 1 saturated heterocycles. The van der Waals surface area contributed by atoms with Crippen LogP contribution < -0.4 is 25.9 Å². The zero-order valence-corrected chi connectivity index (χ0v) is 18.8. The van der Waals surface area contributed by atoms with Crippen LogP contribution in [-0.2, 0) is 0 Å². The summed E-state index contributed by atoms with van der Waals surface area (Å²) < 4.78 is 26.0. The topological polar surface area (TPSA) is 79.4 Å². The van der Waals surface area contributed by atoms with Gasteiger partial charge in [-0.25, -0.2) is 4.39 Å². The second-order valence-corrected chi connectivity index (χ2v) is 9.37. The number of methoxy groups -OCH3 is 1. The van der Waals surface area contributed by atoms with Crippen LogP contribution in [0.25, 0.3) is 21.1 Å². The number of fused-ring (bicyclic) bond motifs is 2. The molecule has 31 heavy (non-hydrogen) atoms. The molecule has 0 bridgehead atoms. The number of rotatable bonds is 6. The van der Waals surface area contributed by atoms with Crippen molar-refractivity contribution in [3.05, 3.63) is 32.5 Å². The third-order valence-electron chi connectivity index (χ3n) is 6.83. The number of ether oxygens (including phenoxy) is 1. The lowest BCUT2D eigenvalue weighted by Gasteiger charge is -2.26. The number of nitrogens with one attached hydrogen (secondary N) is 2. The first kappa shape index (κ1) is 20.5. The molecular formula is C22H27FN4O3S. The minimum Gasteiger partial charge on any atom is -0.492 e. The van der Waals surface area contributed by atoms with E-state index in [2.05, 4.69) is 16.6 Å². The smallest absolute Gasteiger partial charge is 0.271 e. The normalized spacial score (nSPS) is 20.1. The van der Waals surface area contributed by atoms with Crippen LogP contribution in [0, 0.1) is 11.7 Å². The third kappa shape index (κ3) is 3.09. The first-order valence-electron chi connectivity index (χ1n) is 10.9. The molecule has 1 aromatic carbocycles. The molecule has 9 heteroatoms. The summed E-state index contributed by atoms with van der Waals surface area (Å²) in [4.78, 5) is 28.1. The molecule has 0 spiro atoms. The minimum atomic E-state index is -0.479. The van der Waals surface area contributed by atoms with Gasteiger partial charge < -0.3 is 19.5 Å². The van der Waals surface area contributed by atoms with Gasteiger partial charge in [-0.2, -0.15) is 0 Å². The Kier molecular flexibility index (Phi) is 5.05. The Bertz CT molecular complexity index is 1270. The molecule has 2 aliphatic rings. The Morgan fingerprint density at radius 2 is 2.13 bits per heavy atom. The summed E-state index contributed by atoms with van der Waals surface area (Å²) in [6.07, 6.45) is 3.90. The Morgan fingerprint density at radius 1 is 1.35 bits per heavy atom. The molecule has 0 radical (unpaired) electrons.